The van der Waals surface area contributed by atoms with Crippen LogP contribution in [0.5, 0.6) is 11.5 Å². The van der Waals surface area contributed by atoms with Crippen LogP contribution in [0.1, 0.15) is 40.4 Å². The molecule has 0 aromatic heterocycles. The Hall–Kier alpha value is -3.60. The van der Waals surface area contributed by atoms with Crippen molar-refractivity contribution < 1.29 is 19.1 Å². The average molecular weight is 401 g/mol. The van der Waals surface area contributed by atoms with Crippen molar-refractivity contribution in [2.75, 3.05) is 6.61 Å². The number of carbonyl (C=O) groups excluding carboxylic acids is 2. The van der Waals surface area contributed by atoms with E-state index in [0.29, 0.717) is 11.5 Å². The molecule has 3 aromatic carbocycles. The fourth-order valence-corrected chi connectivity index (χ4v) is 3.69. The van der Waals surface area contributed by atoms with E-state index >= 15 is 0 Å². The highest BCUT2D eigenvalue weighted by molar-refractivity contribution is 5.94. The Morgan fingerprint density at radius 1 is 0.900 bits per heavy atom. The monoisotopic (exact) mass is 401 g/mol. The van der Waals surface area contributed by atoms with Gasteiger partial charge in [-0.05, 0) is 54.7 Å². The Bertz CT molecular complexity index is 1030. The lowest BCUT2D eigenvalue weighted by Crippen LogP contribution is -2.34. The number of para-hydroxylation sites is 2. The number of rotatable bonds is 6. The zero-order valence-electron chi connectivity index (χ0n) is 16.5. The van der Waals surface area contributed by atoms with Crippen LogP contribution in [0.15, 0.2) is 78.9 Å². The maximum absolute atomic E-state index is 12.6. The summed E-state index contributed by atoms with van der Waals surface area (Å²) >= 11 is 0. The number of ether oxygens (including phenoxy) is 2. The second kappa shape index (κ2) is 9.27. The van der Waals surface area contributed by atoms with E-state index in [1.165, 1.54) is 5.56 Å². The fourth-order valence-electron chi connectivity index (χ4n) is 3.69. The topological polar surface area (TPSA) is 64.6 Å². The molecule has 1 aliphatic carbocycles. The van der Waals surface area contributed by atoms with E-state index in [4.69, 9.17) is 9.47 Å². The average Bonchev–Trinajstić information content (AvgIpc) is 2.79. The summed E-state index contributed by atoms with van der Waals surface area (Å²) in [5.74, 6) is 0.0917. The minimum atomic E-state index is -0.597. The van der Waals surface area contributed by atoms with Gasteiger partial charge < -0.3 is 14.8 Å². The number of carbonyl (C=O) groups is 2. The summed E-state index contributed by atoms with van der Waals surface area (Å²) in [6, 6.07) is 24.1. The van der Waals surface area contributed by atoms with E-state index in [9.17, 15) is 9.59 Å². The summed E-state index contributed by atoms with van der Waals surface area (Å²) in [5, 5.41) is 2.99. The molecule has 0 radical (unpaired) electrons. The van der Waals surface area contributed by atoms with Crippen molar-refractivity contribution in [3.05, 3.63) is 95.6 Å². The molecule has 1 amide bonds. The number of amides is 1. The van der Waals surface area contributed by atoms with Gasteiger partial charge in [0.15, 0.2) is 6.61 Å². The first-order chi connectivity index (χ1) is 14.7. The Kier molecular flexibility index (Phi) is 6.09. The van der Waals surface area contributed by atoms with Gasteiger partial charge in [0.1, 0.15) is 17.1 Å². The van der Waals surface area contributed by atoms with E-state index in [1.54, 1.807) is 36.4 Å². The van der Waals surface area contributed by atoms with Crippen LogP contribution < -0.4 is 10.1 Å². The van der Waals surface area contributed by atoms with Crippen LogP contribution in [-0.4, -0.2) is 18.5 Å². The molecular formula is C25H23NO4. The number of fused-ring (bicyclic) bond motifs is 1. The summed E-state index contributed by atoms with van der Waals surface area (Å²) in [7, 11) is 0. The minimum absolute atomic E-state index is 0.0464. The third-order valence-electron chi connectivity index (χ3n) is 5.12. The number of esters is 1. The van der Waals surface area contributed by atoms with Crippen molar-refractivity contribution >= 4 is 11.9 Å². The van der Waals surface area contributed by atoms with Gasteiger partial charge in [-0.25, -0.2) is 4.79 Å². The number of hydrogen-bond donors (Lipinski definition) is 1. The van der Waals surface area contributed by atoms with Crippen molar-refractivity contribution in [2.24, 2.45) is 0 Å². The lowest BCUT2D eigenvalue weighted by Gasteiger charge is -2.26. The summed E-state index contributed by atoms with van der Waals surface area (Å²) in [4.78, 5) is 25.0. The third-order valence-corrected chi connectivity index (χ3v) is 5.12. The Labute approximate surface area is 175 Å². The van der Waals surface area contributed by atoms with Crippen molar-refractivity contribution in [3.8, 4) is 11.5 Å². The Morgan fingerprint density at radius 2 is 1.63 bits per heavy atom. The van der Waals surface area contributed by atoms with Crippen molar-refractivity contribution in [3.63, 3.8) is 0 Å². The van der Waals surface area contributed by atoms with Gasteiger partial charge in [0.2, 0.25) is 0 Å². The maximum Gasteiger partial charge on any atom is 0.342 e. The lowest BCUT2D eigenvalue weighted by atomic mass is 9.88. The largest absolute Gasteiger partial charge is 0.456 e. The molecule has 5 heteroatoms. The molecule has 152 valence electrons. The molecule has 0 aliphatic heterocycles. The first-order valence-electron chi connectivity index (χ1n) is 10.1. The highest BCUT2D eigenvalue weighted by Gasteiger charge is 2.22. The predicted molar refractivity (Wildman–Crippen MR) is 114 cm³/mol. The molecule has 0 spiro atoms. The first kappa shape index (κ1) is 19.7. The first-order valence-corrected chi connectivity index (χ1v) is 10.1. The minimum Gasteiger partial charge on any atom is -0.456 e. The quantitative estimate of drug-likeness (QED) is 0.601. The van der Waals surface area contributed by atoms with Gasteiger partial charge in [0.05, 0.1) is 6.04 Å². The molecule has 3 aromatic rings. The summed E-state index contributed by atoms with van der Waals surface area (Å²) in [5.41, 5.74) is 2.68. The molecule has 0 fully saturated rings. The summed E-state index contributed by atoms with van der Waals surface area (Å²) in [6.07, 6.45) is 2.92. The van der Waals surface area contributed by atoms with E-state index in [1.807, 2.05) is 36.4 Å². The van der Waals surface area contributed by atoms with Gasteiger partial charge in [-0.1, -0.05) is 54.6 Å². The van der Waals surface area contributed by atoms with Gasteiger partial charge in [-0.15, -0.1) is 0 Å². The molecule has 0 heterocycles. The molecule has 5 nitrogen and oxygen atoms in total. The van der Waals surface area contributed by atoms with Crippen molar-refractivity contribution in [1.82, 2.24) is 5.32 Å². The third kappa shape index (κ3) is 4.69. The number of aryl methyl sites for hydroxylation is 1. The van der Waals surface area contributed by atoms with Crippen LogP contribution in [0.3, 0.4) is 0 Å². The van der Waals surface area contributed by atoms with Gasteiger partial charge in [-0.3, -0.25) is 4.79 Å². The van der Waals surface area contributed by atoms with Crippen molar-refractivity contribution in [2.45, 2.75) is 25.3 Å². The van der Waals surface area contributed by atoms with Crippen LogP contribution in [0.2, 0.25) is 0 Å². The standard InChI is InChI=1S/C25H23NO4/c27-24(26-22-15-8-10-18-9-4-5-13-20(18)22)17-29-25(28)21-14-6-7-16-23(21)30-19-11-2-1-3-12-19/h1-7,9,11-14,16,22H,8,10,15,17H2,(H,26,27)/t22-/m1/s1. The van der Waals surface area contributed by atoms with E-state index in [2.05, 4.69) is 11.4 Å². The van der Waals surface area contributed by atoms with Gasteiger partial charge in [0.25, 0.3) is 5.91 Å². The highest BCUT2D eigenvalue weighted by Crippen LogP contribution is 2.29. The second-order valence-corrected chi connectivity index (χ2v) is 7.20. The summed E-state index contributed by atoms with van der Waals surface area (Å²) < 4.78 is 11.1. The molecule has 1 atom stereocenters. The Morgan fingerprint density at radius 3 is 2.50 bits per heavy atom. The molecule has 30 heavy (non-hydrogen) atoms. The molecule has 1 N–H and O–H groups in total. The predicted octanol–water partition coefficient (Wildman–Crippen LogP) is 4.83. The molecule has 0 bridgehead atoms. The molecule has 0 saturated carbocycles. The van der Waals surface area contributed by atoms with Crippen LogP contribution >= 0.6 is 0 Å². The maximum atomic E-state index is 12.6. The fraction of sp³-hybridized carbons (Fsp3) is 0.200. The molecule has 0 unspecified atom stereocenters. The Balaban J connectivity index is 1.37. The normalized spacial score (nSPS) is 15.0. The SMILES string of the molecule is O=C(COC(=O)c1ccccc1Oc1ccccc1)N[C@@H]1CCCc2ccccc21. The zero-order chi connectivity index (χ0) is 20.8. The molecular weight excluding hydrogens is 378 g/mol. The highest BCUT2D eigenvalue weighted by atomic mass is 16.5. The number of nitrogens with one attached hydrogen (secondary N) is 1. The van der Waals surface area contributed by atoms with E-state index < -0.39 is 5.97 Å². The number of benzene rings is 3. The molecule has 4 rings (SSSR count). The number of hydrogen-bond acceptors (Lipinski definition) is 4. The van der Waals surface area contributed by atoms with Gasteiger partial charge in [0, 0.05) is 0 Å². The van der Waals surface area contributed by atoms with Crippen LogP contribution in [0.4, 0.5) is 0 Å². The van der Waals surface area contributed by atoms with Crippen LogP contribution in [0, 0.1) is 0 Å². The summed E-state index contributed by atoms with van der Waals surface area (Å²) in [6.45, 7) is -0.336. The van der Waals surface area contributed by atoms with Crippen LogP contribution in [0.25, 0.3) is 0 Å². The lowest BCUT2D eigenvalue weighted by molar-refractivity contribution is -0.125. The van der Waals surface area contributed by atoms with E-state index in [0.717, 1.165) is 24.8 Å². The van der Waals surface area contributed by atoms with Crippen LogP contribution in [-0.2, 0) is 16.0 Å². The molecule has 1 aliphatic rings. The second-order valence-electron chi connectivity index (χ2n) is 7.20. The smallest absolute Gasteiger partial charge is 0.342 e. The van der Waals surface area contributed by atoms with Gasteiger partial charge >= 0.3 is 5.97 Å². The van der Waals surface area contributed by atoms with Crippen molar-refractivity contribution in [1.29, 1.82) is 0 Å². The van der Waals surface area contributed by atoms with Gasteiger partial charge in [-0.2, -0.15) is 0 Å². The molecule has 0 saturated heterocycles. The van der Waals surface area contributed by atoms with E-state index in [-0.39, 0.29) is 24.1 Å². The zero-order valence-corrected chi connectivity index (χ0v) is 16.5.